The van der Waals surface area contributed by atoms with Crippen LogP contribution in [0.15, 0.2) is 132 Å². The molecule has 3 aromatic rings. The Labute approximate surface area is 225 Å². The van der Waals surface area contributed by atoms with Crippen LogP contribution in [0.2, 0.25) is 0 Å². The third kappa shape index (κ3) is 11.0. The smallest absolute Gasteiger partial charge is 0.0920 e. The molecule has 8 heteroatoms. The first-order chi connectivity index (χ1) is 18.6. The molecule has 198 valence electrons. The molecule has 0 aliphatic heterocycles. The van der Waals surface area contributed by atoms with Crippen molar-refractivity contribution >= 4 is 0 Å². The van der Waals surface area contributed by atoms with Gasteiger partial charge in [0.25, 0.3) is 0 Å². The van der Waals surface area contributed by atoms with Gasteiger partial charge in [-0.25, -0.2) is 5.53 Å². The van der Waals surface area contributed by atoms with E-state index in [1.165, 1.54) is 11.1 Å². The second-order valence-corrected chi connectivity index (χ2v) is 8.93. The first-order valence-corrected chi connectivity index (χ1v) is 12.6. The van der Waals surface area contributed by atoms with E-state index in [9.17, 15) is 0 Å². The van der Waals surface area contributed by atoms with Gasteiger partial charge in [0.1, 0.15) is 0 Å². The van der Waals surface area contributed by atoms with Crippen molar-refractivity contribution in [3.8, 4) is 0 Å². The summed E-state index contributed by atoms with van der Waals surface area (Å²) in [4.78, 5) is 2.06. The van der Waals surface area contributed by atoms with Crippen molar-refractivity contribution in [2.45, 2.75) is 19.6 Å². The van der Waals surface area contributed by atoms with E-state index in [-0.39, 0.29) is 0 Å². The van der Waals surface area contributed by atoms with Crippen molar-refractivity contribution in [2.24, 2.45) is 16.6 Å². The van der Waals surface area contributed by atoms with Crippen LogP contribution in [0.25, 0.3) is 0 Å². The van der Waals surface area contributed by atoms with Crippen LogP contribution in [0.1, 0.15) is 16.7 Å². The zero-order valence-corrected chi connectivity index (χ0v) is 21.7. The molecule has 0 fully saturated rings. The summed E-state index contributed by atoms with van der Waals surface area (Å²) in [6, 6.07) is 30.4. The van der Waals surface area contributed by atoms with E-state index < -0.39 is 0 Å². The van der Waals surface area contributed by atoms with E-state index >= 15 is 0 Å². The van der Waals surface area contributed by atoms with Crippen LogP contribution < -0.4 is 27.4 Å². The van der Waals surface area contributed by atoms with Gasteiger partial charge >= 0.3 is 0 Å². The minimum absolute atomic E-state index is 0.408. The fraction of sp³-hybridized carbons (Fsp3) is 0.200. The molecule has 0 saturated carbocycles. The van der Waals surface area contributed by atoms with Crippen LogP contribution in [0.4, 0.5) is 0 Å². The average molecular weight is 511 g/mol. The van der Waals surface area contributed by atoms with Crippen LogP contribution in [-0.4, -0.2) is 24.5 Å². The van der Waals surface area contributed by atoms with Crippen molar-refractivity contribution in [3.63, 3.8) is 0 Å². The first kappa shape index (κ1) is 28.0. The van der Waals surface area contributed by atoms with E-state index in [4.69, 9.17) is 17.0 Å². The Kier molecular flexibility index (Phi) is 12.0. The highest BCUT2D eigenvalue weighted by molar-refractivity contribution is 5.17. The number of nitrogens with zero attached hydrogens (tertiary/aromatic N) is 2. The van der Waals surface area contributed by atoms with Gasteiger partial charge < -0.3 is 27.4 Å². The van der Waals surface area contributed by atoms with Crippen LogP contribution in [0, 0.1) is 5.53 Å². The van der Waals surface area contributed by atoms with E-state index in [2.05, 4.69) is 50.2 Å². The van der Waals surface area contributed by atoms with E-state index in [1.807, 2.05) is 79.1 Å². The Bertz CT molecular complexity index is 1110. The highest BCUT2D eigenvalue weighted by Gasteiger charge is 2.11. The van der Waals surface area contributed by atoms with Crippen molar-refractivity contribution in [3.05, 3.63) is 143 Å². The lowest BCUT2D eigenvalue weighted by atomic mass is 10.2. The normalized spacial score (nSPS) is 12.3. The number of nitrogens with one attached hydrogen (secondary N) is 4. The van der Waals surface area contributed by atoms with Crippen LogP contribution >= 0.6 is 0 Å². The summed E-state index contributed by atoms with van der Waals surface area (Å²) in [7, 11) is 0. The van der Waals surface area contributed by atoms with Gasteiger partial charge in [-0.15, -0.1) is 0 Å². The first-order valence-electron chi connectivity index (χ1n) is 12.6. The summed E-state index contributed by atoms with van der Waals surface area (Å²) in [5, 5.41) is 13.5. The van der Waals surface area contributed by atoms with Gasteiger partial charge in [0.15, 0.2) is 0 Å². The Hall–Kier alpha value is -4.56. The van der Waals surface area contributed by atoms with Gasteiger partial charge in [-0.05, 0) is 16.7 Å². The Morgan fingerprint density at radius 1 is 0.605 bits per heavy atom. The SMILES string of the molecule is N=N/C(=C\NCc1ccccc1)CN(C/C(N)=C/NCc1ccccc1)C/C(N)=C/NCc1ccccc1. The maximum absolute atomic E-state index is 7.69. The molecule has 8 nitrogen and oxygen atoms in total. The van der Waals surface area contributed by atoms with Gasteiger partial charge in [-0.3, -0.25) is 4.90 Å². The monoisotopic (exact) mass is 510 g/mol. The molecule has 0 saturated heterocycles. The van der Waals surface area contributed by atoms with E-state index in [0.29, 0.717) is 56.4 Å². The third-order valence-corrected chi connectivity index (χ3v) is 5.63. The molecule has 0 aromatic heterocycles. The molecule has 0 bridgehead atoms. The predicted octanol–water partition coefficient (Wildman–Crippen LogP) is 4.13. The summed E-state index contributed by atoms with van der Waals surface area (Å²) < 4.78 is 0. The van der Waals surface area contributed by atoms with Gasteiger partial charge in [-0.1, -0.05) is 91.0 Å². The molecule has 3 rings (SSSR count). The lowest BCUT2D eigenvalue weighted by Crippen LogP contribution is -2.34. The lowest BCUT2D eigenvalue weighted by Gasteiger charge is -2.23. The molecule has 0 amide bonds. The highest BCUT2D eigenvalue weighted by Crippen LogP contribution is 2.06. The minimum atomic E-state index is 0.408. The number of hydrogen-bond donors (Lipinski definition) is 6. The molecule has 0 aliphatic carbocycles. The van der Waals surface area contributed by atoms with E-state index in [0.717, 1.165) is 5.56 Å². The lowest BCUT2D eigenvalue weighted by molar-refractivity contribution is 0.341. The van der Waals surface area contributed by atoms with Gasteiger partial charge in [0.2, 0.25) is 0 Å². The predicted molar refractivity (Wildman–Crippen MR) is 154 cm³/mol. The van der Waals surface area contributed by atoms with Crippen LogP contribution in [-0.2, 0) is 19.6 Å². The summed E-state index contributed by atoms with van der Waals surface area (Å²) in [5.74, 6) is 0. The molecular weight excluding hydrogens is 472 g/mol. The summed E-state index contributed by atoms with van der Waals surface area (Å²) in [6.07, 6.45) is 5.42. The molecule has 0 spiro atoms. The van der Waals surface area contributed by atoms with Gasteiger partial charge in [-0.2, -0.15) is 5.11 Å². The molecule has 38 heavy (non-hydrogen) atoms. The summed E-state index contributed by atoms with van der Waals surface area (Å²) in [5.41, 5.74) is 25.8. The largest absolute Gasteiger partial charge is 0.400 e. The third-order valence-electron chi connectivity index (χ3n) is 5.63. The molecule has 0 unspecified atom stereocenters. The maximum atomic E-state index is 7.69. The molecule has 0 heterocycles. The molecular formula is C30H38N8. The van der Waals surface area contributed by atoms with Crippen molar-refractivity contribution in [1.29, 1.82) is 5.53 Å². The number of rotatable bonds is 16. The zero-order valence-electron chi connectivity index (χ0n) is 21.7. The number of benzene rings is 3. The molecule has 3 aromatic carbocycles. The minimum Gasteiger partial charge on any atom is -0.400 e. The molecule has 0 radical (unpaired) electrons. The zero-order chi connectivity index (χ0) is 26.8. The summed E-state index contributed by atoms with van der Waals surface area (Å²) >= 11 is 0. The van der Waals surface area contributed by atoms with Crippen LogP contribution in [0.5, 0.6) is 0 Å². The fourth-order valence-electron chi connectivity index (χ4n) is 3.79. The standard InChI is InChI=1S/C30H38N8/c31-28(19-34-16-25-10-4-1-5-11-25)22-38(23-29(32)20-35-17-26-12-6-2-7-13-26)24-30(37-33)21-36-18-27-14-8-3-9-15-27/h1-15,19-21,33-36H,16-18,22-24,31-32H2/b28-19-,29-20-,30-21-,37-33?. The van der Waals surface area contributed by atoms with Crippen molar-refractivity contribution in [1.82, 2.24) is 20.9 Å². The van der Waals surface area contributed by atoms with Gasteiger partial charge in [0, 0.05) is 69.3 Å². The molecule has 0 atom stereocenters. The number of nitrogens with two attached hydrogens (primary N) is 2. The van der Waals surface area contributed by atoms with Crippen LogP contribution in [0.3, 0.4) is 0 Å². The Balaban J connectivity index is 1.61. The van der Waals surface area contributed by atoms with Crippen molar-refractivity contribution in [2.75, 3.05) is 19.6 Å². The fourth-order valence-corrected chi connectivity index (χ4v) is 3.79. The number of hydrogen-bond acceptors (Lipinski definition) is 8. The second kappa shape index (κ2) is 16.2. The Morgan fingerprint density at radius 3 is 1.34 bits per heavy atom. The molecule has 0 aliphatic rings. The van der Waals surface area contributed by atoms with Gasteiger partial charge in [0.05, 0.1) is 5.70 Å². The maximum Gasteiger partial charge on any atom is 0.0920 e. The quantitative estimate of drug-likeness (QED) is 0.161. The summed E-state index contributed by atoms with van der Waals surface area (Å²) in [6.45, 7) is 3.34. The van der Waals surface area contributed by atoms with Crippen molar-refractivity contribution < 1.29 is 0 Å². The second-order valence-electron chi connectivity index (χ2n) is 8.93. The average Bonchev–Trinajstić information content (AvgIpc) is 2.94. The Morgan fingerprint density at radius 2 is 0.974 bits per heavy atom. The van der Waals surface area contributed by atoms with E-state index in [1.54, 1.807) is 6.20 Å². The topological polar surface area (TPSA) is 128 Å². The highest BCUT2D eigenvalue weighted by atomic mass is 15.2. The molecule has 8 N–H and O–H groups in total.